The summed E-state index contributed by atoms with van der Waals surface area (Å²) in [5.41, 5.74) is 0. The molecular weight excluding hydrogens is 206 g/mol. The van der Waals surface area contributed by atoms with E-state index < -0.39 is 5.97 Å². The molecule has 0 spiro atoms. The van der Waals surface area contributed by atoms with Crippen LogP contribution in [0, 0.1) is 0 Å². The first-order chi connectivity index (χ1) is 7.68. The summed E-state index contributed by atoms with van der Waals surface area (Å²) in [6.07, 6.45) is 6.03. The first-order valence-electron chi connectivity index (χ1n) is 6.25. The SMILES string of the molecule is CC(CCC(=O)O)NCCC1CCCCO1. The smallest absolute Gasteiger partial charge is 0.303 e. The second kappa shape index (κ2) is 7.63. The topological polar surface area (TPSA) is 58.6 Å². The summed E-state index contributed by atoms with van der Waals surface area (Å²) in [5.74, 6) is -0.718. The van der Waals surface area contributed by atoms with E-state index in [0.29, 0.717) is 12.5 Å². The summed E-state index contributed by atoms with van der Waals surface area (Å²) in [6.45, 7) is 3.86. The molecule has 1 fully saturated rings. The summed E-state index contributed by atoms with van der Waals surface area (Å²) in [4.78, 5) is 10.4. The van der Waals surface area contributed by atoms with Crippen molar-refractivity contribution in [1.82, 2.24) is 5.32 Å². The number of hydrogen-bond acceptors (Lipinski definition) is 3. The molecule has 0 aromatic heterocycles. The molecule has 2 unspecified atom stereocenters. The lowest BCUT2D eigenvalue weighted by Gasteiger charge is -2.23. The molecule has 4 heteroatoms. The first kappa shape index (κ1) is 13.5. The van der Waals surface area contributed by atoms with E-state index in [1.54, 1.807) is 0 Å². The fraction of sp³-hybridized carbons (Fsp3) is 0.917. The number of rotatable bonds is 7. The van der Waals surface area contributed by atoms with Crippen LogP contribution in [0.1, 0.15) is 45.4 Å². The highest BCUT2D eigenvalue weighted by molar-refractivity contribution is 5.66. The molecule has 0 saturated carbocycles. The van der Waals surface area contributed by atoms with Crippen molar-refractivity contribution in [1.29, 1.82) is 0 Å². The quantitative estimate of drug-likeness (QED) is 0.698. The molecule has 1 aliphatic heterocycles. The number of nitrogens with one attached hydrogen (secondary N) is 1. The fourth-order valence-electron chi connectivity index (χ4n) is 1.97. The van der Waals surface area contributed by atoms with Crippen molar-refractivity contribution in [2.45, 2.75) is 57.6 Å². The van der Waals surface area contributed by atoms with E-state index in [1.807, 2.05) is 6.92 Å². The molecule has 4 nitrogen and oxygen atoms in total. The molecule has 0 bridgehead atoms. The van der Waals surface area contributed by atoms with Gasteiger partial charge in [-0.25, -0.2) is 0 Å². The molecule has 0 amide bonds. The zero-order valence-corrected chi connectivity index (χ0v) is 10.1. The van der Waals surface area contributed by atoms with Crippen LogP contribution in [0.2, 0.25) is 0 Å². The molecule has 1 rings (SSSR count). The summed E-state index contributed by atoms with van der Waals surface area (Å²) < 4.78 is 5.62. The van der Waals surface area contributed by atoms with Crippen LogP contribution in [0.4, 0.5) is 0 Å². The minimum absolute atomic E-state index is 0.244. The van der Waals surface area contributed by atoms with E-state index in [0.717, 1.165) is 19.6 Å². The highest BCUT2D eigenvalue weighted by atomic mass is 16.5. The van der Waals surface area contributed by atoms with E-state index in [2.05, 4.69) is 5.32 Å². The van der Waals surface area contributed by atoms with Crippen LogP contribution in [0.15, 0.2) is 0 Å². The Hall–Kier alpha value is -0.610. The lowest BCUT2D eigenvalue weighted by Crippen LogP contribution is -2.31. The van der Waals surface area contributed by atoms with Gasteiger partial charge in [-0.3, -0.25) is 4.79 Å². The molecule has 0 aromatic rings. The van der Waals surface area contributed by atoms with Gasteiger partial charge in [-0.05, 0) is 45.6 Å². The number of aliphatic carboxylic acids is 1. The minimum atomic E-state index is -0.718. The van der Waals surface area contributed by atoms with E-state index in [4.69, 9.17) is 9.84 Å². The predicted octanol–water partition coefficient (Wildman–Crippen LogP) is 1.79. The fourth-order valence-corrected chi connectivity index (χ4v) is 1.97. The standard InChI is InChI=1S/C12H23NO3/c1-10(5-6-12(14)15)13-8-7-11-4-2-3-9-16-11/h10-11,13H,2-9H2,1H3,(H,14,15). The average molecular weight is 229 g/mol. The normalized spacial score (nSPS) is 22.9. The Morgan fingerprint density at radius 1 is 1.56 bits per heavy atom. The Labute approximate surface area is 97.4 Å². The zero-order chi connectivity index (χ0) is 11.8. The molecule has 94 valence electrons. The van der Waals surface area contributed by atoms with Crippen LogP contribution in [0.3, 0.4) is 0 Å². The van der Waals surface area contributed by atoms with Crippen molar-refractivity contribution in [2.24, 2.45) is 0 Å². The third-order valence-corrected chi connectivity index (χ3v) is 3.02. The van der Waals surface area contributed by atoms with Crippen molar-refractivity contribution < 1.29 is 14.6 Å². The average Bonchev–Trinajstić information content (AvgIpc) is 2.28. The van der Waals surface area contributed by atoms with E-state index in [1.165, 1.54) is 19.3 Å². The molecule has 1 saturated heterocycles. The minimum Gasteiger partial charge on any atom is -0.481 e. The van der Waals surface area contributed by atoms with Gasteiger partial charge in [0.15, 0.2) is 0 Å². The Bertz CT molecular complexity index is 202. The summed E-state index contributed by atoms with van der Waals surface area (Å²) >= 11 is 0. The molecule has 0 aliphatic carbocycles. The summed E-state index contributed by atoms with van der Waals surface area (Å²) in [5, 5.41) is 11.9. The van der Waals surface area contributed by atoms with Crippen LogP contribution in [-0.4, -0.2) is 36.4 Å². The number of ether oxygens (including phenoxy) is 1. The second-order valence-corrected chi connectivity index (χ2v) is 4.56. The van der Waals surface area contributed by atoms with Crippen molar-refractivity contribution in [3.63, 3.8) is 0 Å². The lowest BCUT2D eigenvalue weighted by molar-refractivity contribution is -0.137. The monoisotopic (exact) mass is 229 g/mol. The maximum Gasteiger partial charge on any atom is 0.303 e. The Kier molecular flexibility index (Phi) is 6.42. The van der Waals surface area contributed by atoms with Gasteiger partial charge in [-0.1, -0.05) is 0 Å². The maximum absolute atomic E-state index is 10.4. The third-order valence-electron chi connectivity index (χ3n) is 3.02. The van der Waals surface area contributed by atoms with Crippen LogP contribution in [-0.2, 0) is 9.53 Å². The summed E-state index contributed by atoms with van der Waals surface area (Å²) in [6, 6.07) is 0.277. The molecule has 2 atom stereocenters. The molecular formula is C12H23NO3. The van der Waals surface area contributed by atoms with Crippen molar-refractivity contribution in [3.8, 4) is 0 Å². The number of carbonyl (C=O) groups is 1. The van der Waals surface area contributed by atoms with Gasteiger partial charge in [-0.15, -0.1) is 0 Å². The predicted molar refractivity (Wildman–Crippen MR) is 62.5 cm³/mol. The van der Waals surface area contributed by atoms with Crippen LogP contribution < -0.4 is 5.32 Å². The highest BCUT2D eigenvalue weighted by Crippen LogP contribution is 2.14. The molecule has 1 heterocycles. The Morgan fingerprint density at radius 2 is 2.38 bits per heavy atom. The number of carboxylic acids is 1. The van der Waals surface area contributed by atoms with E-state index in [-0.39, 0.29) is 12.5 Å². The Morgan fingerprint density at radius 3 is 3.00 bits per heavy atom. The van der Waals surface area contributed by atoms with Gasteiger partial charge in [0.25, 0.3) is 0 Å². The van der Waals surface area contributed by atoms with Gasteiger partial charge in [-0.2, -0.15) is 0 Å². The third kappa shape index (κ3) is 6.08. The maximum atomic E-state index is 10.4. The van der Waals surface area contributed by atoms with Crippen molar-refractivity contribution in [2.75, 3.05) is 13.2 Å². The van der Waals surface area contributed by atoms with Gasteiger partial charge in [0, 0.05) is 19.1 Å². The van der Waals surface area contributed by atoms with Crippen LogP contribution >= 0.6 is 0 Å². The van der Waals surface area contributed by atoms with Crippen LogP contribution in [0.5, 0.6) is 0 Å². The molecule has 2 N–H and O–H groups in total. The molecule has 16 heavy (non-hydrogen) atoms. The summed E-state index contributed by atoms with van der Waals surface area (Å²) in [7, 11) is 0. The molecule has 0 radical (unpaired) electrons. The Balaban J connectivity index is 1.98. The van der Waals surface area contributed by atoms with Gasteiger partial charge in [0.2, 0.25) is 0 Å². The lowest BCUT2D eigenvalue weighted by atomic mass is 10.1. The molecule has 1 aliphatic rings. The van der Waals surface area contributed by atoms with Gasteiger partial charge in [0.05, 0.1) is 6.10 Å². The number of hydrogen-bond donors (Lipinski definition) is 2. The largest absolute Gasteiger partial charge is 0.481 e. The first-order valence-corrected chi connectivity index (χ1v) is 6.25. The zero-order valence-electron chi connectivity index (χ0n) is 10.1. The molecule has 0 aromatic carbocycles. The van der Waals surface area contributed by atoms with E-state index >= 15 is 0 Å². The van der Waals surface area contributed by atoms with Gasteiger partial charge < -0.3 is 15.2 Å². The highest BCUT2D eigenvalue weighted by Gasteiger charge is 2.13. The van der Waals surface area contributed by atoms with Gasteiger partial charge in [0.1, 0.15) is 0 Å². The van der Waals surface area contributed by atoms with E-state index in [9.17, 15) is 4.79 Å². The van der Waals surface area contributed by atoms with Crippen molar-refractivity contribution in [3.05, 3.63) is 0 Å². The van der Waals surface area contributed by atoms with Gasteiger partial charge >= 0.3 is 5.97 Å². The second-order valence-electron chi connectivity index (χ2n) is 4.56. The van der Waals surface area contributed by atoms with Crippen LogP contribution in [0.25, 0.3) is 0 Å². The number of carboxylic acid groups (broad SMARTS) is 1. The van der Waals surface area contributed by atoms with Crippen molar-refractivity contribution >= 4 is 5.97 Å².